The number of H-pyrrole nitrogens is 1. The first kappa shape index (κ1) is 24.2. The zero-order chi connectivity index (χ0) is 25.8. The molecular weight excluding hydrogens is 456 g/mol. The molecule has 3 heterocycles. The van der Waals surface area contributed by atoms with Crippen LogP contribution in [0, 0.1) is 0 Å². The van der Waals surface area contributed by atoms with E-state index < -0.39 is 11.6 Å². The van der Waals surface area contributed by atoms with Gasteiger partial charge in [-0.15, -0.1) is 0 Å². The van der Waals surface area contributed by atoms with Gasteiger partial charge in [0.1, 0.15) is 23.1 Å². The second-order valence-electron chi connectivity index (χ2n) is 10.9. The van der Waals surface area contributed by atoms with Crippen molar-refractivity contribution in [2.24, 2.45) is 0 Å². The molecule has 8 heteroatoms. The number of nitrogens with zero attached hydrogens (tertiary/aromatic N) is 2. The Balaban J connectivity index is 1.63. The Bertz CT molecular complexity index is 1340. The van der Waals surface area contributed by atoms with Crippen LogP contribution in [-0.2, 0) is 11.2 Å². The van der Waals surface area contributed by atoms with E-state index in [-0.39, 0.29) is 29.8 Å². The third-order valence-corrected chi connectivity index (χ3v) is 7.13. The van der Waals surface area contributed by atoms with E-state index in [0.717, 1.165) is 33.5 Å². The molecule has 5 rings (SSSR count). The van der Waals surface area contributed by atoms with Crippen LogP contribution in [0.1, 0.15) is 57.5 Å². The van der Waals surface area contributed by atoms with Crippen LogP contribution < -0.4 is 10.1 Å². The maximum absolute atomic E-state index is 13.9. The summed E-state index contributed by atoms with van der Waals surface area (Å²) in [5, 5.41) is 14.6. The van der Waals surface area contributed by atoms with E-state index in [0.29, 0.717) is 19.6 Å². The minimum atomic E-state index is -1.06. The molecule has 190 valence electrons. The summed E-state index contributed by atoms with van der Waals surface area (Å²) in [4.78, 5) is 34.3. The average Bonchev–Trinajstić information content (AvgIpc) is 3.25. The highest BCUT2D eigenvalue weighted by atomic mass is 16.5. The Morgan fingerprint density at radius 1 is 1.19 bits per heavy atom. The predicted octanol–water partition coefficient (Wildman–Crippen LogP) is 4.33. The molecule has 3 amide bonds. The van der Waals surface area contributed by atoms with E-state index in [1.54, 1.807) is 23.1 Å². The number of benzene rings is 2. The zero-order valence-corrected chi connectivity index (χ0v) is 21.5. The van der Waals surface area contributed by atoms with Gasteiger partial charge in [0.25, 0.3) is 5.91 Å². The number of imide groups is 1. The average molecular weight is 491 g/mol. The quantitative estimate of drug-likeness (QED) is 0.447. The molecule has 2 aliphatic heterocycles. The number of aromatic hydroxyl groups is 1. The number of hydrogen-bond acceptors (Lipinski definition) is 5. The monoisotopic (exact) mass is 490 g/mol. The van der Waals surface area contributed by atoms with Crippen LogP contribution in [0.25, 0.3) is 10.9 Å². The fourth-order valence-corrected chi connectivity index (χ4v) is 5.53. The van der Waals surface area contributed by atoms with Crippen LogP contribution in [-0.4, -0.2) is 62.6 Å². The summed E-state index contributed by atoms with van der Waals surface area (Å²) in [7, 11) is 0. The van der Waals surface area contributed by atoms with Crippen molar-refractivity contribution in [3.63, 3.8) is 0 Å². The highest BCUT2D eigenvalue weighted by Gasteiger charge is 2.60. The van der Waals surface area contributed by atoms with Gasteiger partial charge in [-0.3, -0.25) is 14.6 Å². The van der Waals surface area contributed by atoms with Gasteiger partial charge in [-0.1, -0.05) is 12.1 Å². The number of nitrogens with one attached hydrogen (secondary N) is 2. The summed E-state index contributed by atoms with van der Waals surface area (Å²) in [5.41, 5.74) is 2.34. The maximum atomic E-state index is 13.9. The number of carbonyl (C=O) groups excluding carboxylic acids is 2. The lowest BCUT2D eigenvalue weighted by molar-refractivity contribution is -0.133. The molecule has 8 nitrogen and oxygen atoms in total. The largest absolute Gasteiger partial charge is 0.508 e. The van der Waals surface area contributed by atoms with Gasteiger partial charge in [0.05, 0.1) is 6.61 Å². The van der Waals surface area contributed by atoms with E-state index in [9.17, 15) is 14.7 Å². The minimum absolute atomic E-state index is 0.111. The molecule has 1 aromatic heterocycles. The second-order valence-corrected chi connectivity index (χ2v) is 10.9. The molecule has 0 saturated carbocycles. The zero-order valence-electron chi connectivity index (χ0n) is 21.5. The van der Waals surface area contributed by atoms with Crippen molar-refractivity contribution in [3.8, 4) is 11.5 Å². The highest BCUT2D eigenvalue weighted by Crippen LogP contribution is 2.49. The van der Waals surface area contributed by atoms with Crippen LogP contribution in [0.4, 0.5) is 4.79 Å². The van der Waals surface area contributed by atoms with Crippen molar-refractivity contribution in [2.45, 2.75) is 58.2 Å². The van der Waals surface area contributed by atoms with Crippen molar-refractivity contribution >= 4 is 22.8 Å². The van der Waals surface area contributed by atoms with Crippen LogP contribution in [0.2, 0.25) is 0 Å². The lowest BCUT2D eigenvalue weighted by atomic mass is 9.81. The maximum Gasteiger partial charge on any atom is 0.328 e. The molecule has 0 radical (unpaired) electrons. The third-order valence-electron chi connectivity index (χ3n) is 7.13. The molecule has 36 heavy (non-hydrogen) atoms. The summed E-state index contributed by atoms with van der Waals surface area (Å²) in [6.07, 6.45) is 0.390. The summed E-state index contributed by atoms with van der Waals surface area (Å²) in [6.45, 7) is 11.3. The van der Waals surface area contributed by atoms with E-state index in [1.165, 1.54) is 4.90 Å². The number of carbonyl (C=O) groups is 2. The summed E-state index contributed by atoms with van der Waals surface area (Å²) < 4.78 is 5.75. The number of aromatic amines is 1. The summed E-state index contributed by atoms with van der Waals surface area (Å²) in [5.74, 6) is 0.673. The lowest BCUT2D eigenvalue weighted by Gasteiger charge is -2.42. The smallest absolute Gasteiger partial charge is 0.328 e. The number of aromatic nitrogens is 1. The molecule has 1 fully saturated rings. The summed E-state index contributed by atoms with van der Waals surface area (Å²) in [6, 6.07) is 11.9. The van der Waals surface area contributed by atoms with Gasteiger partial charge in [0, 0.05) is 41.6 Å². The Kier molecular flexibility index (Phi) is 5.75. The van der Waals surface area contributed by atoms with Crippen molar-refractivity contribution in [1.82, 2.24) is 20.1 Å². The Labute approximate surface area is 211 Å². The number of ether oxygens (including phenoxy) is 1. The fourth-order valence-electron chi connectivity index (χ4n) is 5.53. The Hall–Kier alpha value is -3.52. The van der Waals surface area contributed by atoms with Gasteiger partial charge in [-0.05, 0) is 76.1 Å². The fraction of sp³-hybridized carbons (Fsp3) is 0.429. The molecule has 2 aliphatic rings. The predicted molar refractivity (Wildman–Crippen MR) is 138 cm³/mol. The molecule has 0 unspecified atom stereocenters. The normalized spacial score (nSPS) is 21.8. The first-order valence-corrected chi connectivity index (χ1v) is 12.5. The third kappa shape index (κ3) is 3.89. The Morgan fingerprint density at radius 2 is 1.97 bits per heavy atom. The molecule has 2 atom stereocenters. The number of hydrogen-bond donors (Lipinski definition) is 3. The molecule has 1 saturated heterocycles. The van der Waals surface area contributed by atoms with E-state index >= 15 is 0 Å². The van der Waals surface area contributed by atoms with Crippen LogP contribution >= 0.6 is 0 Å². The molecule has 2 aromatic carbocycles. The number of rotatable bonds is 6. The van der Waals surface area contributed by atoms with Crippen molar-refractivity contribution in [1.29, 1.82) is 0 Å². The molecule has 3 N–H and O–H groups in total. The van der Waals surface area contributed by atoms with E-state index in [4.69, 9.17) is 4.74 Å². The number of fused-ring (bicyclic) bond motifs is 4. The van der Waals surface area contributed by atoms with Gasteiger partial charge in [0.15, 0.2) is 0 Å². The SMILES string of the molecule is CCOc1ccc2[nH]c3c(c2c1)C[C@@]1(C)C(=O)N(CCNC(C)(C)C)C(=O)N1[C@@H]3c1cccc(O)c1. The standard InChI is InChI=1S/C28H34N4O4/c1-6-36-19-10-11-22-20(15-19)21-16-28(5)25(34)31(13-12-29-27(2,3)4)26(35)32(28)24(23(21)30-22)17-8-7-9-18(33)14-17/h7-11,14-15,24,29-30,33H,6,12-13,16H2,1-5H3/t24-,28+/m1/s1. The van der Waals surface area contributed by atoms with Crippen molar-refractivity contribution < 1.29 is 19.4 Å². The van der Waals surface area contributed by atoms with Crippen molar-refractivity contribution in [2.75, 3.05) is 19.7 Å². The van der Waals surface area contributed by atoms with Crippen LogP contribution in [0.5, 0.6) is 11.5 Å². The van der Waals surface area contributed by atoms with Crippen LogP contribution in [0.3, 0.4) is 0 Å². The van der Waals surface area contributed by atoms with E-state index in [2.05, 4.69) is 31.1 Å². The number of phenols is 1. The first-order valence-electron chi connectivity index (χ1n) is 12.5. The van der Waals surface area contributed by atoms with Crippen molar-refractivity contribution in [3.05, 3.63) is 59.3 Å². The molecular formula is C28H34N4O4. The van der Waals surface area contributed by atoms with Gasteiger partial charge >= 0.3 is 6.03 Å². The van der Waals surface area contributed by atoms with Gasteiger partial charge < -0.3 is 20.1 Å². The second kappa shape index (κ2) is 8.55. The molecule has 3 aromatic rings. The molecule has 0 aliphatic carbocycles. The number of urea groups is 1. The lowest BCUT2D eigenvalue weighted by Crippen LogP contribution is -2.53. The minimum Gasteiger partial charge on any atom is -0.508 e. The topological polar surface area (TPSA) is 97.9 Å². The molecule has 0 bridgehead atoms. The number of amides is 3. The first-order chi connectivity index (χ1) is 17.0. The van der Waals surface area contributed by atoms with E-state index in [1.807, 2.05) is 38.1 Å². The highest BCUT2D eigenvalue weighted by molar-refractivity contribution is 6.08. The van der Waals surface area contributed by atoms with Gasteiger partial charge in [-0.2, -0.15) is 0 Å². The van der Waals surface area contributed by atoms with Gasteiger partial charge in [-0.25, -0.2) is 4.79 Å². The Morgan fingerprint density at radius 3 is 2.67 bits per heavy atom. The number of phenolic OH excluding ortho intramolecular Hbond substituents is 1. The molecule has 0 spiro atoms. The van der Waals surface area contributed by atoms with Crippen LogP contribution in [0.15, 0.2) is 42.5 Å². The van der Waals surface area contributed by atoms with Gasteiger partial charge in [0.2, 0.25) is 0 Å². The summed E-state index contributed by atoms with van der Waals surface area (Å²) >= 11 is 0.